The van der Waals surface area contributed by atoms with Crippen molar-refractivity contribution >= 4 is 11.3 Å². The van der Waals surface area contributed by atoms with Gasteiger partial charge in [0.25, 0.3) is 0 Å². The Balaban J connectivity index is 2.08. The quantitative estimate of drug-likeness (QED) is 0.845. The number of aromatic nitrogens is 3. The molecule has 138 valence electrons. The van der Waals surface area contributed by atoms with Crippen LogP contribution in [0.15, 0.2) is 12.3 Å². The number of ether oxygens (including phenoxy) is 1. The van der Waals surface area contributed by atoms with Crippen LogP contribution >= 0.6 is 0 Å². The molecule has 5 heteroatoms. The van der Waals surface area contributed by atoms with Crippen molar-refractivity contribution in [2.45, 2.75) is 59.8 Å². The Bertz CT molecular complexity index is 736. The van der Waals surface area contributed by atoms with Gasteiger partial charge in [-0.05, 0) is 23.5 Å². The summed E-state index contributed by atoms with van der Waals surface area (Å²) in [6, 6.07) is 2.27. The molecule has 0 aliphatic carbocycles. The zero-order chi connectivity index (χ0) is 18.2. The highest BCUT2D eigenvalue weighted by Crippen LogP contribution is 2.30. The van der Waals surface area contributed by atoms with Crippen molar-refractivity contribution in [3.63, 3.8) is 0 Å². The van der Waals surface area contributed by atoms with Gasteiger partial charge in [0.1, 0.15) is 5.52 Å². The molecule has 0 unspecified atom stereocenters. The molecule has 5 nitrogen and oxygen atoms in total. The van der Waals surface area contributed by atoms with E-state index in [4.69, 9.17) is 14.8 Å². The zero-order valence-corrected chi connectivity index (χ0v) is 16.6. The van der Waals surface area contributed by atoms with E-state index in [0.29, 0.717) is 5.41 Å². The molecule has 3 rings (SSSR count). The molecule has 0 aromatic carbocycles. The first-order valence-electron chi connectivity index (χ1n) is 9.42. The fourth-order valence-electron chi connectivity index (χ4n) is 3.14. The largest absolute Gasteiger partial charge is 0.378 e. The third-order valence-corrected chi connectivity index (χ3v) is 5.12. The maximum atomic E-state index is 5.52. The van der Waals surface area contributed by atoms with E-state index in [2.05, 4.69) is 58.7 Å². The molecule has 0 bridgehead atoms. The van der Waals surface area contributed by atoms with Gasteiger partial charge in [-0.3, -0.25) is 0 Å². The Hall–Kier alpha value is -1.62. The number of anilines is 1. The van der Waals surface area contributed by atoms with Crippen LogP contribution in [0.25, 0.3) is 5.52 Å². The summed E-state index contributed by atoms with van der Waals surface area (Å²) in [5.41, 5.74) is 2.66. The third-order valence-electron chi connectivity index (χ3n) is 5.12. The molecule has 25 heavy (non-hydrogen) atoms. The lowest BCUT2D eigenvalue weighted by Gasteiger charge is -2.29. The van der Waals surface area contributed by atoms with Crippen LogP contribution in [0.3, 0.4) is 0 Å². The minimum Gasteiger partial charge on any atom is -0.378 e. The van der Waals surface area contributed by atoms with Crippen molar-refractivity contribution in [2.24, 2.45) is 5.41 Å². The summed E-state index contributed by atoms with van der Waals surface area (Å²) < 4.78 is 7.57. The van der Waals surface area contributed by atoms with E-state index in [9.17, 15) is 0 Å². The van der Waals surface area contributed by atoms with Gasteiger partial charge in [-0.2, -0.15) is 5.10 Å². The Morgan fingerprint density at radius 1 is 1.12 bits per heavy atom. The third kappa shape index (κ3) is 3.97. The number of morpholine rings is 1. The second kappa shape index (κ2) is 6.60. The van der Waals surface area contributed by atoms with Gasteiger partial charge in [0.2, 0.25) is 0 Å². The van der Waals surface area contributed by atoms with Crippen LogP contribution in [0, 0.1) is 5.41 Å². The Morgan fingerprint density at radius 2 is 1.80 bits per heavy atom. The molecule has 1 fully saturated rings. The smallest absolute Gasteiger partial charge is 0.157 e. The van der Waals surface area contributed by atoms with Crippen LogP contribution in [0.1, 0.15) is 59.4 Å². The topological polar surface area (TPSA) is 42.7 Å². The first kappa shape index (κ1) is 18.2. The summed E-state index contributed by atoms with van der Waals surface area (Å²) in [5, 5.41) is 4.83. The Labute approximate surface area is 151 Å². The van der Waals surface area contributed by atoms with E-state index in [1.165, 1.54) is 5.56 Å². The minimum atomic E-state index is -0.0810. The summed E-state index contributed by atoms with van der Waals surface area (Å²) in [6.07, 6.45) is 4.41. The zero-order valence-electron chi connectivity index (χ0n) is 16.6. The molecule has 3 heterocycles. The minimum absolute atomic E-state index is 0.0810. The van der Waals surface area contributed by atoms with E-state index < -0.39 is 0 Å². The van der Waals surface area contributed by atoms with Crippen LogP contribution in [-0.2, 0) is 16.6 Å². The summed E-state index contributed by atoms with van der Waals surface area (Å²) in [5.74, 6) is 1.93. The molecule has 1 aliphatic rings. The van der Waals surface area contributed by atoms with Gasteiger partial charge in [0.15, 0.2) is 11.6 Å². The second-order valence-corrected chi connectivity index (χ2v) is 8.98. The van der Waals surface area contributed by atoms with Crippen molar-refractivity contribution in [3.8, 4) is 0 Å². The molecule has 1 aliphatic heterocycles. The molecule has 0 saturated carbocycles. The molecular weight excluding hydrogens is 312 g/mol. The fourth-order valence-corrected chi connectivity index (χ4v) is 3.14. The van der Waals surface area contributed by atoms with Gasteiger partial charge < -0.3 is 9.64 Å². The van der Waals surface area contributed by atoms with Gasteiger partial charge in [0.05, 0.1) is 13.2 Å². The predicted octanol–water partition coefficient (Wildman–Crippen LogP) is 3.84. The number of nitrogens with zero attached hydrogens (tertiary/aromatic N) is 4. The average Bonchev–Trinajstić information content (AvgIpc) is 2.95. The van der Waals surface area contributed by atoms with E-state index in [1.54, 1.807) is 0 Å². The van der Waals surface area contributed by atoms with Crippen LogP contribution in [0.5, 0.6) is 0 Å². The van der Waals surface area contributed by atoms with Crippen molar-refractivity contribution in [2.75, 3.05) is 31.2 Å². The summed E-state index contributed by atoms with van der Waals surface area (Å²) in [6.45, 7) is 16.7. The van der Waals surface area contributed by atoms with Crippen molar-refractivity contribution < 1.29 is 4.74 Å². The molecule has 2 aromatic heterocycles. The van der Waals surface area contributed by atoms with Gasteiger partial charge in [-0.15, -0.1) is 0 Å². The first-order chi connectivity index (χ1) is 11.7. The molecule has 0 amide bonds. The Kier molecular flexibility index (Phi) is 4.80. The maximum absolute atomic E-state index is 5.52. The van der Waals surface area contributed by atoms with E-state index >= 15 is 0 Å². The van der Waals surface area contributed by atoms with Crippen LogP contribution in [-0.4, -0.2) is 40.9 Å². The van der Waals surface area contributed by atoms with Crippen LogP contribution in [0.4, 0.5) is 5.82 Å². The summed E-state index contributed by atoms with van der Waals surface area (Å²) >= 11 is 0. The lowest BCUT2D eigenvalue weighted by Crippen LogP contribution is -2.37. The molecule has 0 radical (unpaired) electrons. The van der Waals surface area contributed by atoms with Crippen molar-refractivity contribution in [1.29, 1.82) is 0 Å². The predicted molar refractivity (Wildman–Crippen MR) is 102 cm³/mol. The summed E-state index contributed by atoms with van der Waals surface area (Å²) in [4.78, 5) is 7.30. The lowest BCUT2D eigenvalue weighted by molar-refractivity contribution is 0.122. The van der Waals surface area contributed by atoms with Gasteiger partial charge >= 0.3 is 0 Å². The van der Waals surface area contributed by atoms with E-state index in [1.807, 2.05) is 4.52 Å². The standard InChI is InChI=1S/C20H32N4O/c1-7-20(5,6)13-15-12-16-17(23-8-10-25-11-9-23)21-18(19(2,3)4)22-24(16)14-15/h12,14H,7-11,13H2,1-6H3. The SMILES string of the molecule is CCC(C)(C)Cc1cc2c(N3CCOCC3)nc(C(C)(C)C)nn2c1. The number of fused-ring (bicyclic) bond motifs is 1. The molecule has 2 aromatic rings. The van der Waals surface area contributed by atoms with E-state index in [0.717, 1.165) is 56.3 Å². The van der Waals surface area contributed by atoms with E-state index in [-0.39, 0.29) is 5.41 Å². The van der Waals surface area contributed by atoms with Gasteiger partial charge in [-0.25, -0.2) is 9.50 Å². The molecular formula is C20H32N4O. The van der Waals surface area contributed by atoms with Crippen molar-refractivity contribution in [3.05, 3.63) is 23.7 Å². The number of hydrogen-bond acceptors (Lipinski definition) is 4. The fraction of sp³-hybridized carbons (Fsp3) is 0.700. The average molecular weight is 345 g/mol. The second-order valence-electron chi connectivity index (χ2n) is 8.98. The molecule has 0 atom stereocenters. The monoisotopic (exact) mass is 344 g/mol. The normalized spacial score (nSPS) is 16.6. The highest BCUT2D eigenvalue weighted by atomic mass is 16.5. The van der Waals surface area contributed by atoms with Crippen molar-refractivity contribution in [1.82, 2.24) is 14.6 Å². The Morgan fingerprint density at radius 3 is 2.40 bits per heavy atom. The van der Waals surface area contributed by atoms with Crippen LogP contribution < -0.4 is 4.90 Å². The highest BCUT2D eigenvalue weighted by molar-refractivity contribution is 5.70. The van der Waals surface area contributed by atoms with Crippen LogP contribution in [0.2, 0.25) is 0 Å². The highest BCUT2D eigenvalue weighted by Gasteiger charge is 2.25. The van der Waals surface area contributed by atoms with Gasteiger partial charge in [-0.1, -0.05) is 48.0 Å². The lowest BCUT2D eigenvalue weighted by atomic mass is 9.84. The first-order valence-corrected chi connectivity index (χ1v) is 9.42. The number of rotatable bonds is 4. The molecule has 0 N–H and O–H groups in total. The van der Waals surface area contributed by atoms with Gasteiger partial charge in [0, 0.05) is 24.7 Å². The molecule has 1 saturated heterocycles. The summed E-state index contributed by atoms with van der Waals surface area (Å²) in [7, 11) is 0. The maximum Gasteiger partial charge on any atom is 0.157 e. The number of hydrogen-bond donors (Lipinski definition) is 0. The molecule has 0 spiro atoms.